The number of rotatable bonds is 0. The molecule has 51 valence electrons. The molecular weight excluding hydrogens is 128 g/mol. The standard InChI is InChI=1S/C7H7N2O/c1-2-6-7(9-3-1)10-5-4-8-6/h1-3H,4-5H2. The molecule has 0 saturated heterocycles. The summed E-state index contributed by atoms with van der Waals surface area (Å²) in [6.07, 6.45) is 1.71. The summed E-state index contributed by atoms with van der Waals surface area (Å²) in [7, 11) is 0. The summed E-state index contributed by atoms with van der Waals surface area (Å²) in [5, 5.41) is 4.21. The summed E-state index contributed by atoms with van der Waals surface area (Å²) in [5.41, 5.74) is 0.869. The van der Waals surface area contributed by atoms with Gasteiger partial charge in [-0.25, -0.2) is 4.98 Å². The van der Waals surface area contributed by atoms with Crippen molar-refractivity contribution in [3.05, 3.63) is 18.3 Å². The molecular formula is C7H7N2O. The molecule has 0 atom stereocenters. The highest BCUT2D eigenvalue weighted by Crippen LogP contribution is 2.22. The van der Waals surface area contributed by atoms with E-state index in [1.807, 2.05) is 12.1 Å². The Balaban J connectivity index is 2.41. The number of pyridine rings is 1. The molecule has 1 radical (unpaired) electrons. The lowest BCUT2D eigenvalue weighted by atomic mass is 10.4. The second-order valence-electron chi connectivity index (χ2n) is 2.06. The van der Waals surface area contributed by atoms with Crippen LogP contribution in [-0.4, -0.2) is 18.1 Å². The van der Waals surface area contributed by atoms with E-state index in [9.17, 15) is 0 Å². The fourth-order valence-corrected chi connectivity index (χ4v) is 0.922. The summed E-state index contributed by atoms with van der Waals surface area (Å²) < 4.78 is 5.22. The number of hydrogen-bond donors (Lipinski definition) is 0. The van der Waals surface area contributed by atoms with E-state index in [2.05, 4.69) is 10.3 Å². The van der Waals surface area contributed by atoms with Crippen LogP contribution in [0.4, 0.5) is 5.69 Å². The van der Waals surface area contributed by atoms with Crippen LogP contribution in [-0.2, 0) is 0 Å². The third-order valence-corrected chi connectivity index (χ3v) is 1.36. The van der Waals surface area contributed by atoms with Crippen LogP contribution < -0.4 is 10.1 Å². The van der Waals surface area contributed by atoms with E-state index < -0.39 is 0 Å². The first-order valence-electron chi connectivity index (χ1n) is 3.22. The van der Waals surface area contributed by atoms with E-state index in [0.29, 0.717) is 12.5 Å². The van der Waals surface area contributed by atoms with Crippen molar-refractivity contribution in [2.75, 3.05) is 13.2 Å². The van der Waals surface area contributed by atoms with Crippen molar-refractivity contribution in [2.24, 2.45) is 0 Å². The topological polar surface area (TPSA) is 36.2 Å². The first-order chi connectivity index (χ1) is 4.97. The summed E-state index contributed by atoms with van der Waals surface area (Å²) in [5.74, 6) is 0.661. The van der Waals surface area contributed by atoms with Crippen LogP contribution in [0.15, 0.2) is 18.3 Å². The largest absolute Gasteiger partial charge is 0.474 e. The van der Waals surface area contributed by atoms with Crippen LogP contribution in [0.5, 0.6) is 5.88 Å². The highest BCUT2D eigenvalue weighted by Gasteiger charge is 2.09. The van der Waals surface area contributed by atoms with Crippen LogP contribution in [0.2, 0.25) is 0 Å². The van der Waals surface area contributed by atoms with Gasteiger partial charge >= 0.3 is 0 Å². The Kier molecular flexibility index (Phi) is 1.20. The van der Waals surface area contributed by atoms with Crippen LogP contribution in [0.25, 0.3) is 0 Å². The first kappa shape index (κ1) is 5.53. The Bertz CT molecular complexity index is 212. The van der Waals surface area contributed by atoms with E-state index >= 15 is 0 Å². The van der Waals surface area contributed by atoms with Gasteiger partial charge in [0.2, 0.25) is 5.88 Å². The molecule has 0 unspecified atom stereocenters. The maximum atomic E-state index is 5.22. The maximum absolute atomic E-state index is 5.22. The van der Waals surface area contributed by atoms with E-state index in [4.69, 9.17) is 4.74 Å². The second kappa shape index (κ2) is 2.17. The highest BCUT2D eigenvalue weighted by atomic mass is 16.5. The van der Waals surface area contributed by atoms with Gasteiger partial charge in [0, 0.05) is 6.20 Å². The van der Waals surface area contributed by atoms with Gasteiger partial charge in [-0.1, -0.05) is 0 Å². The molecule has 3 nitrogen and oxygen atoms in total. The zero-order valence-electron chi connectivity index (χ0n) is 5.45. The van der Waals surface area contributed by atoms with Crippen molar-refractivity contribution >= 4 is 5.69 Å². The molecule has 0 aromatic carbocycles. The molecule has 1 aromatic heterocycles. The van der Waals surface area contributed by atoms with Crippen molar-refractivity contribution in [3.8, 4) is 5.88 Å². The third-order valence-electron chi connectivity index (χ3n) is 1.36. The fraction of sp³-hybridized carbons (Fsp3) is 0.286. The van der Waals surface area contributed by atoms with Gasteiger partial charge < -0.3 is 4.74 Å². The summed E-state index contributed by atoms with van der Waals surface area (Å²) in [6, 6.07) is 3.76. The molecule has 1 aromatic rings. The van der Waals surface area contributed by atoms with Gasteiger partial charge in [-0.3, -0.25) is 5.32 Å². The van der Waals surface area contributed by atoms with Crippen molar-refractivity contribution in [1.82, 2.24) is 10.3 Å². The molecule has 10 heavy (non-hydrogen) atoms. The zero-order chi connectivity index (χ0) is 6.81. The van der Waals surface area contributed by atoms with Gasteiger partial charge in [0.15, 0.2) is 0 Å². The van der Waals surface area contributed by atoms with Crippen molar-refractivity contribution in [2.45, 2.75) is 0 Å². The molecule has 3 heteroatoms. The van der Waals surface area contributed by atoms with Gasteiger partial charge in [-0.15, -0.1) is 0 Å². The fourth-order valence-electron chi connectivity index (χ4n) is 0.922. The molecule has 0 aliphatic carbocycles. The molecule has 2 rings (SSSR count). The quantitative estimate of drug-likeness (QED) is 0.525. The van der Waals surface area contributed by atoms with Gasteiger partial charge in [0.1, 0.15) is 12.3 Å². The Morgan fingerprint density at radius 3 is 3.40 bits per heavy atom. The maximum Gasteiger partial charge on any atom is 0.239 e. The van der Waals surface area contributed by atoms with Gasteiger partial charge in [-0.05, 0) is 12.1 Å². The summed E-state index contributed by atoms with van der Waals surface area (Å²) >= 11 is 0. The Hall–Kier alpha value is -1.25. The Morgan fingerprint density at radius 1 is 1.50 bits per heavy atom. The average molecular weight is 135 g/mol. The first-order valence-corrected chi connectivity index (χ1v) is 3.22. The minimum atomic E-state index is 0.657. The van der Waals surface area contributed by atoms with Crippen molar-refractivity contribution in [3.63, 3.8) is 0 Å². The number of hydrogen-bond acceptors (Lipinski definition) is 2. The lowest BCUT2D eigenvalue weighted by Crippen LogP contribution is -2.17. The average Bonchev–Trinajstić information content (AvgIpc) is 2.05. The third kappa shape index (κ3) is 0.795. The van der Waals surface area contributed by atoms with E-state index in [-0.39, 0.29) is 0 Å². The Morgan fingerprint density at radius 2 is 2.50 bits per heavy atom. The monoisotopic (exact) mass is 135 g/mol. The molecule has 1 aliphatic rings. The summed E-state index contributed by atoms with van der Waals surface area (Å²) in [4.78, 5) is 4.00. The molecule has 2 heterocycles. The lowest BCUT2D eigenvalue weighted by Gasteiger charge is -2.14. The number of nitrogens with zero attached hydrogens (tertiary/aromatic N) is 2. The Labute approximate surface area is 59.0 Å². The van der Waals surface area contributed by atoms with E-state index in [1.165, 1.54) is 0 Å². The number of fused-ring (bicyclic) bond motifs is 1. The highest BCUT2D eigenvalue weighted by molar-refractivity contribution is 5.46. The van der Waals surface area contributed by atoms with E-state index in [1.54, 1.807) is 6.20 Å². The SMILES string of the molecule is c1cnc2c(c1)[N]CCO2. The molecule has 0 bridgehead atoms. The van der Waals surface area contributed by atoms with Crippen LogP contribution in [0, 0.1) is 0 Å². The smallest absolute Gasteiger partial charge is 0.239 e. The van der Waals surface area contributed by atoms with Crippen molar-refractivity contribution < 1.29 is 4.74 Å². The van der Waals surface area contributed by atoms with Crippen LogP contribution >= 0.6 is 0 Å². The minimum absolute atomic E-state index is 0.657. The molecule has 0 N–H and O–H groups in total. The summed E-state index contributed by atoms with van der Waals surface area (Å²) in [6.45, 7) is 1.41. The molecule has 0 fully saturated rings. The minimum Gasteiger partial charge on any atom is -0.474 e. The predicted octanol–water partition coefficient (Wildman–Crippen LogP) is 0.710. The molecule has 0 spiro atoms. The normalized spacial score (nSPS) is 14.8. The predicted molar refractivity (Wildman–Crippen MR) is 36.4 cm³/mol. The van der Waals surface area contributed by atoms with E-state index in [0.717, 1.165) is 12.2 Å². The molecule has 0 saturated carbocycles. The van der Waals surface area contributed by atoms with Gasteiger partial charge in [0.05, 0.1) is 6.54 Å². The van der Waals surface area contributed by atoms with Crippen LogP contribution in [0.1, 0.15) is 0 Å². The number of ether oxygens (including phenoxy) is 1. The number of aromatic nitrogens is 1. The van der Waals surface area contributed by atoms with Gasteiger partial charge in [-0.2, -0.15) is 0 Å². The second-order valence-corrected chi connectivity index (χ2v) is 2.06. The zero-order valence-corrected chi connectivity index (χ0v) is 5.45. The molecule has 1 aliphatic heterocycles. The molecule has 0 amide bonds. The van der Waals surface area contributed by atoms with Gasteiger partial charge in [0.25, 0.3) is 0 Å². The van der Waals surface area contributed by atoms with Crippen LogP contribution in [0.3, 0.4) is 0 Å². The van der Waals surface area contributed by atoms with Crippen molar-refractivity contribution in [1.29, 1.82) is 0 Å². The lowest BCUT2D eigenvalue weighted by molar-refractivity contribution is 0.289.